The van der Waals surface area contributed by atoms with E-state index in [9.17, 15) is 19.5 Å². The van der Waals surface area contributed by atoms with Gasteiger partial charge in [0.1, 0.15) is 11.6 Å². The number of carboxylic acids is 1. The zero-order valence-corrected chi connectivity index (χ0v) is 19.1. The molecular weight excluding hydrogens is 408 g/mol. The number of benzene rings is 2. The fraction of sp³-hybridized carbons (Fsp3) is 0.480. The number of hydrogen-bond donors (Lipinski definition) is 3. The van der Waals surface area contributed by atoms with Gasteiger partial charge in [0, 0.05) is 0 Å². The summed E-state index contributed by atoms with van der Waals surface area (Å²) >= 11 is 0. The Kier molecular flexibility index (Phi) is 7.06. The Morgan fingerprint density at radius 3 is 2.19 bits per heavy atom. The first kappa shape index (κ1) is 23.6. The van der Waals surface area contributed by atoms with Crippen molar-refractivity contribution in [3.8, 4) is 0 Å². The second-order valence-electron chi connectivity index (χ2n) is 9.68. The van der Waals surface area contributed by atoms with Gasteiger partial charge in [0.05, 0.1) is 11.3 Å². The van der Waals surface area contributed by atoms with Crippen molar-refractivity contribution in [3.63, 3.8) is 0 Å². The van der Waals surface area contributed by atoms with Gasteiger partial charge >= 0.3 is 12.1 Å². The predicted octanol–water partition coefficient (Wildman–Crippen LogP) is 5.20. The second kappa shape index (κ2) is 9.59. The number of anilines is 1. The number of nitrogens with one attached hydrogen (secondary N) is 2. The molecule has 32 heavy (non-hydrogen) atoms. The molecule has 3 N–H and O–H groups in total. The Morgan fingerprint density at radius 1 is 1.03 bits per heavy atom. The third kappa shape index (κ3) is 5.99. The molecule has 2 amide bonds. The molecule has 2 aromatic rings. The highest BCUT2D eigenvalue weighted by molar-refractivity contribution is 6.07. The van der Waals surface area contributed by atoms with E-state index in [-0.39, 0.29) is 17.2 Å². The first-order valence-corrected chi connectivity index (χ1v) is 11.1. The molecule has 0 heterocycles. The fourth-order valence-corrected chi connectivity index (χ4v) is 4.16. The van der Waals surface area contributed by atoms with E-state index >= 15 is 0 Å². The maximum Gasteiger partial charge on any atom is 0.412 e. The molecule has 7 nitrogen and oxygen atoms in total. The lowest BCUT2D eigenvalue weighted by Gasteiger charge is -2.31. The highest BCUT2D eigenvalue weighted by Gasteiger charge is 2.33. The van der Waals surface area contributed by atoms with Gasteiger partial charge in [-0.3, -0.25) is 10.1 Å². The van der Waals surface area contributed by atoms with E-state index in [2.05, 4.69) is 17.6 Å². The van der Waals surface area contributed by atoms with Crippen LogP contribution in [-0.2, 0) is 9.53 Å². The van der Waals surface area contributed by atoms with Gasteiger partial charge in [0.15, 0.2) is 0 Å². The third-order valence-electron chi connectivity index (χ3n) is 5.85. The average molecular weight is 441 g/mol. The molecular formula is C25H32N2O5. The summed E-state index contributed by atoms with van der Waals surface area (Å²) in [4.78, 5) is 37.6. The molecule has 0 aliphatic heterocycles. The molecule has 172 valence electrons. The van der Waals surface area contributed by atoms with Gasteiger partial charge in [-0.05, 0) is 68.4 Å². The third-order valence-corrected chi connectivity index (χ3v) is 5.85. The largest absolute Gasteiger partial charge is 0.480 e. The van der Waals surface area contributed by atoms with Crippen LogP contribution >= 0.6 is 0 Å². The summed E-state index contributed by atoms with van der Waals surface area (Å²) in [6, 6.07) is 9.85. The minimum atomic E-state index is -1.04. The summed E-state index contributed by atoms with van der Waals surface area (Å²) in [5, 5.41) is 16.8. The first-order chi connectivity index (χ1) is 15.0. The highest BCUT2D eigenvalue weighted by atomic mass is 16.6. The molecule has 1 fully saturated rings. The van der Waals surface area contributed by atoms with Crippen molar-refractivity contribution >= 4 is 34.4 Å². The molecule has 2 aromatic carbocycles. The van der Waals surface area contributed by atoms with Crippen LogP contribution in [0.4, 0.5) is 10.5 Å². The fourth-order valence-electron chi connectivity index (χ4n) is 4.16. The second-order valence-corrected chi connectivity index (χ2v) is 9.68. The summed E-state index contributed by atoms with van der Waals surface area (Å²) in [7, 11) is 0. The van der Waals surface area contributed by atoms with E-state index in [4.69, 9.17) is 4.74 Å². The number of aliphatic carboxylic acids is 1. The normalized spacial score (nSPS) is 19.8. The van der Waals surface area contributed by atoms with Crippen molar-refractivity contribution in [2.24, 2.45) is 11.8 Å². The number of hydrogen-bond acceptors (Lipinski definition) is 4. The quantitative estimate of drug-likeness (QED) is 0.593. The summed E-state index contributed by atoms with van der Waals surface area (Å²) in [6.45, 7) is 7.42. The van der Waals surface area contributed by atoms with Gasteiger partial charge in [-0.25, -0.2) is 9.59 Å². The van der Waals surface area contributed by atoms with Gasteiger partial charge < -0.3 is 15.2 Å². The number of amides is 2. The maximum atomic E-state index is 13.2. The molecule has 0 bridgehead atoms. The summed E-state index contributed by atoms with van der Waals surface area (Å²) in [5.41, 5.74) is -0.225. The lowest BCUT2D eigenvalue weighted by Crippen LogP contribution is -2.47. The highest BCUT2D eigenvalue weighted by Crippen LogP contribution is 2.31. The van der Waals surface area contributed by atoms with Crippen molar-refractivity contribution in [1.29, 1.82) is 0 Å². The standard InChI is InChI=1S/C25H32N2O5/c1-15-9-11-16(12-10-15)21(23(29)30)27-22(28)19-13-17-7-5-6-8-18(17)14-20(19)26-24(31)32-25(2,3)4/h5-8,13-16,21H,9-12H2,1-4H3,(H,26,31)(H,27,28)(H,29,30)/t15?,16?,21-/m0/s1. The zero-order chi connectivity index (χ0) is 23.5. The summed E-state index contributed by atoms with van der Waals surface area (Å²) in [6.07, 6.45) is 2.74. The Morgan fingerprint density at radius 2 is 1.62 bits per heavy atom. The molecule has 1 saturated carbocycles. The molecule has 0 spiro atoms. The van der Waals surface area contributed by atoms with Gasteiger partial charge in [-0.2, -0.15) is 0 Å². The molecule has 0 saturated heterocycles. The van der Waals surface area contributed by atoms with Crippen molar-refractivity contribution in [2.45, 2.75) is 65.0 Å². The Bertz CT molecular complexity index is 1000. The topological polar surface area (TPSA) is 105 Å². The number of carboxylic acid groups (broad SMARTS) is 1. The van der Waals surface area contributed by atoms with Crippen LogP contribution in [-0.4, -0.2) is 34.7 Å². The lowest BCUT2D eigenvalue weighted by atomic mass is 9.79. The van der Waals surface area contributed by atoms with Crippen LogP contribution in [0.1, 0.15) is 63.7 Å². The molecule has 0 radical (unpaired) electrons. The van der Waals surface area contributed by atoms with Crippen molar-refractivity contribution in [1.82, 2.24) is 5.32 Å². The van der Waals surface area contributed by atoms with Crippen LogP contribution in [0.15, 0.2) is 36.4 Å². The number of ether oxygens (including phenoxy) is 1. The Labute approximate surface area is 188 Å². The van der Waals surface area contributed by atoms with Crippen LogP contribution in [0.3, 0.4) is 0 Å². The van der Waals surface area contributed by atoms with Gasteiger partial charge in [0.25, 0.3) is 5.91 Å². The molecule has 1 atom stereocenters. The number of carbonyl (C=O) groups is 3. The predicted molar refractivity (Wildman–Crippen MR) is 124 cm³/mol. The van der Waals surface area contributed by atoms with Crippen molar-refractivity contribution < 1.29 is 24.2 Å². The summed E-state index contributed by atoms with van der Waals surface area (Å²) in [5.74, 6) is -1.12. The van der Waals surface area contributed by atoms with Crippen LogP contribution in [0, 0.1) is 11.8 Å². The molecule has 7 heteroatoms. The zero-order valence-electron chi connectivity index (χ0n) is 19.1. The van der Waals surface area contributed by atoms with Crippen LogP contribution in [0.25, 0.3) is 10.8 Å². The van der Waals surface area contributed by atoms with Crippen LogP contribution < -0.4 is 10.6 Å². The average Bonchev–Trinajstić information content (AvgIpc) is 2.70. The smallest absolute Gasteiger partial charge is 0.412 e. The molecule has 1 aliphatic rings. The lowest BCUT2D eigenvalue weighted by molar-refractivity contribution is -0.141. The van der Waals surface area contributed by atoms with E-state index in [1.807, 2.05) is 24.3 Å². The van der Waals surface area contributed by atoms with E-state index in [1.54, 1.807) is 32.9 Å². The molecule has 1 aliphatic carbocycles. The number of rotatable bonds is 5. The number of carbonyl (C=O) groups excluding carboxylic acids is 2. The Balaban J connectivity index is 1.89. The monoisotopic (exact) mass is 440 g/mol. The van der Waals surface area contributed by atoms with Crippen molar-refractivity contribution in [3.05, 3.63) is 42.0 Å². The number of fused-ring (bicyclic) bond motifs is 1. The van der Waals surface area contributed by atoms with Gasteiger partial charge in [-0.1, -0.05) is 44.0 Å². The van der Waals surface area contributed by atoms with Crippen LogP contribution in [0.2, 0.25) is 0 Å². The van der Waals surface area contributed by atoms with E-state index in [0.717, 1.165) is 36.5 Å². The van der Waals surface area contributed by atoms with Gasteiger partial charge in [0.2, 0.25) is 0 Å². The minimum Gasteiger partial charge on any atom is -0.480 e. The molecule has 0 aromatic heterocycles. The first-order valence-electron chi connectivity index (χ1n) is 11.1. The maximum absolute atomic E-state index is 13.2. The SMILES string of the molecule is CC1CCC([C@H](NC(=O)c2cc3ccccc3cc2NC(=O)OC(C)(C)C)C(=O)O)CC1. The van der Waals surface area contributed by atoms with Crippen molar-refractivity contribution in [2.75, 3.05) is 5.32 Å². The summed E-state index contributed by atoms with van der Waals surface area (Å²) < 4.78 is 5.34. The van der Waals surface area contributed by atoms with Crippen LogP contribution in [0.5, 0.6) is 0 Å². The van der Waals surface area contributed by atoms with E-state index in [1.165, 1.54) is 0 Å². The molecule has 0 unspecified atom stereocenters. The minimum absolute atomic E-state index is 0.115. The Hall–Kier alpha value is -3.09. The van der Waals surface area contributed by atoms with E-state index < -0.39 is 29.6 Å². The van der Waals surface area contributed by atoms with Gasteiger partial charge in [-0.15, -0.1) is 0 Å². The van der Waals surface area contributed by atoms with E-state index in [0.29, 0.717) is 5.92 Å². The molecule has 3 rings (SSSR count).